The van der Waals surface area contributed by atoms with Crippen LogP contribution in [0.4, 0.5) is 0 Å². The maximum Gasteiger partial charge on any atom is 0.303 e. The zero-order valence-corrected chi connectivity index (χ0v) is 5.97. The molecule has 0 saturated heterocycles. The van der Waals surface area contributed by atoms with Crippen LogP contribution in [0.15, 0.2) is 0 Å². The topological polar surface area (TPSA) is 37.3 Å². The number of terminal acetylenes is 1. The summed E-state index contributed by atoms with van der Waals surface area (Å²) in [6, 6.07) is 0. The fourth-order valence-electron chi connectivity index (χ4n) is 0.680. The Kier molecular flexibility index (Phi) is 5.56. The van der Waals surface area contributed by atoms with Gasteiger partial charge in [-0.15, -0.1) is 12.3 Å². The van der Waals surface area contributed by atoms with Gasteiger partial charge in [0, 0.05) is 12.8 Å². The number of hydrogen-bond donors (Lipinski definition) is 1. The Morgan fingerprint density at radius 3 is 2.60 bits per heavy atom. The Labute approximate surface area is 61.2 Å². The molecule has 0 saturated carbocycles. The molecule has 10 heavy (non-hydrogen) atoms. The van der Waals surface area contributed by atoms with Gasteiger partial charge in [0.1, 0.15) is 0 Å². The molecule has 0 aliphatic heterocycles. The fourth-order valence-corrected chi connectivity index (χ4v) is 0.680. The molecule has 2 nitrogen and oxygen atoms in total. The highest BCUT2D eigenvalue weighted by Gasteiger charge is 1.94. The summed E-state index contributed by atoms with van der Waals surface area (Å²) in [5.74, 6) is 1.79. The van der Waals surface area contributed by atoms with Crippen LogP contribution in [-0.4, -0.2) is 11.1 Å². The quantitative estimate of drug-likeness (QED) is 0.465. The molecule has 0 unspecified atom stereocenters. The molecule has 0 aliphatic rings. The molecule has 0 aromatic heterocycles. The first-order valence-corrected chi connectivity index (χ1v) is 3.42. The van der Waals surface area contributed by atoms with Crippen molar-refractivity contribution < 1.29 is 9.90 Å². The molecule has 0 heterocycles. The van der Waals surface area contributed by atoms with Gasteiger partial charge in [0.05, 0.1) is 0 Å². The van der Waals surface area contributed by atoms with Crippen molar-refractivity contribution in [3.05, 3.63) is 0 Å². The van der Waals surface area contributed by atoms with Gasteiger partial charge in [-0.2, -0.15) is 0 Å². The van der Waals surface area contributed by atoms with Crippen LogP contribution in [-0.2, 0) is 4.79 Å². The van der Waals surface area contributed by atoms with E-state index >= 15 is 0 Å². The number of rotatable bonds is 5. The van der Waals surface area contributed by atoms with Crippen LogP contribution in [0.5, 0.6) is 0 Å². The van der Waals surface area contributed by atoms with Crippen molar-refractivity contribution in [2.24, 2.45) is 0 Å². The van der Waals surface area contributed by atoms with Gasteiger partial charge in [0.2, 0.25) is 0 Å². The Bertz CT molecular complexity index is 133. The molecule has 0 amide bonds. The number of carbonyl (C=O) groups is 1. The van der Waals surface area contributed by atoms with E-state index in [9.17, 15) is 4.79 Å². The molecule has 0 aromatic carbocycles. The van der Waals surface area contributed by atoms with E-state index < -0.39 is 5.97 Å². The number of carboxylic acids is 1. The molecule has 0 fully saturated rings. The third kappa shape index (κ3) is 7.03. The third-order valence-corrected chi connectivity index (χ3v) is 1.21. The van der Waals surface area contributed by atoms with Crippen LogP contribution in [0.3, 0.4) is 0 Å². The molecule has 0 atom stereocenters. The summed E-state index contributed by atoms with van der Waals surface area (Å²) in [4.78, 5) is 9.99. The average molecular weight is 140 g/mol. The van der Waals surface area contributed by atoms with Crippen LogP contribution in [0, 0.1) is 12.3 Å². The standard InChI is InChI=1S/C8H12O2/c1-2-3-4-5-6-7-8(9)10/h1H,3-7H2,(H,9,10). The van der Waals surface area contributed by atoms with Gasteiger partial charge < -0.3 is 5.11 Å². The van der Waals surface area contributed by atoms with Crippen LogP contribution < -0.4 is 0 Å². The third-order valence-electron chi connectivity index (χ3n) is 1.21. The molecular weight excluding hydrogens is 128 g/mol. The first-order valence-electron chi connectivity index (χ1n) is 3.42. The zero-order chi connectivity index (χ0) is 7.82. The van der Waals surface area contributed by atoms with Crippen molar-refractivity contribution in [2.75, 3.05) is 0 Å². The van der Waals surface area contributed by atoms with E-state index in [1.165, 1.54) is 0 Å². The van der Waals surface area contributed by atoms with Crippen molar-refractivity contribution in [3.63, 3.8) is 0 Å². The lowest BCUT2D eigenvalue weighted by Gasteiger charge is -1.92. The molecule has 0 aromatic rings. The van der Waals surface area contributed by atoms with Crippen LogP contribution in [0.2, 0.25) is 0 Å². The van der Waals surface area contributed by atoms with Gasteiger partial charge in [-0.3, -0.25) is 4.79 Å². The van der Waals surface area contributed by atoms with Gasteiger partial charge in [0.25, 0.3) is 0 Å². The van der Waals surface area contributed by atoms with E-state index in [-0.39, 0.29) is 6.42 Å². The molecule has 0 rings (SSSR count). The molecule has 0 bridgehead atoms. The van der Waals surface area contributed by atoms with Crippen molar-refractivity contribution in [3.8, 4) is 12.3 Å². The minimum Gasteiger partial charge on any atom is -0.481 e. The van der Waals surface area contributed by atoms with E-state index in [2.05, 4.69) is 5.92 Å². The fraction of sp³-hybridized carbons (Fsp3) is 0.625. The molecule has 1 N–H and O–H groups in total. The summed E-state index contributed by atoms with van der Waals surface area (Å²) >= 11 is 0. The minimum atomic E-state index is -0.722. The Morgan fingerprint density at radius 1 is 1.40 bits per heavy atom. The lowest BCUT2D eigenvalue weighted by Crippen LogP contribution is -1.93. The van der Waals surface area contributed by atoms with Gasteiger partial charge in [-0.1, -0.05) is 6.42 Å². The minimum absolute atomic E-state index is 0.268. The van der Waals surface area contributed by atoms with Gasteiger partial charge >= 0.3 is 5.97 Å². The van der Waals surface area contributed by atoms with E-state index in [0.717, 1.165) is 25.7 Å². The second-order valence-corrected chi connectivity index (χ2v) is 2.16. The molecule has 0 radical (unpaired) electrons. The molecule has 56 valence electrons. The predicted molar refractivity (Wildman–Crippen MR) is 39.6 cm³/mol. The van der Waals surface area contributed by atoms with Crippen molar-refractivity contribution >= 4 is 5.97 Å². The van der Waals surface area contributed by atoms with Gasteiger partial charge in [0.15, 0.2) is 0 Å². The smallest absolute Gasteiger partial charge is 0.303 e. The highest BCUT2D eigenvalue weighted by atomic mass is 16.4. The predicted octanol–water partition coefficient (Wildman–Crippen LogP) is 1.65. The van der Waals surface area contributed by atoms with Crippen LogP contribution in [0.25, 0.3) is 0 Å². The molecule has 2 heteroatoms. The SMILES string of the molecule is C#CCCCCCC(=O)O. The Balaban J connectivity index is 2.92. The van der Waals surface area contributed by atoms with E-state index in [1.54, 1.807) is 0 Å². The monoisotopic (exact) mass is 140 g/mol. The average Bonchev–Trinajstić information content (AvgIpc) is 1.87. The number of unbranched alkanes of at least 4 members (excludes halogenated alkanes) is 3. The Hall–Kier alpha value is -0.970. The highest BCUT2D eigenvalue weighted by Crippen LogP contribution is 2.01. The lowest BCUT2D eigenvalue weighted by molar-refractivity contribution is -0.137. The summed E-state index contributed by atoms with van der Waals surface area (Å²) in [6.45, 7) is 0. The molecule has 0 spiro atoms. The van der Waals surface area contributed by atoms with Gasteiger partial charge in [-0.05, 0) is 12.8 Å². The summed E-state index contributed by atoms with van der Waals surface area (Å²) in [6.07, 6.45) is 8.66. The molecule has 0 aliphatic carbocycles. The zero-order valence-electron chi connectivity index (χ0n) is 5.97. The summed E-state index contributed by atoms with van der Waals surface area (Å²) in [7, 11) is 0. The molecular formula is C8H12O2. The number of hydrogen-bond acceptors (Lipinski definition) is 1. The van der Waals surface area contributed by atoms with Gasteiger partial charge in [-0.25, -0.2) is 0 Å². The van der Waals surface area contributed by atoms with E-state index in [4.69, 9.17) is 11.5 Å². The summed E-state index contributed by atoms with van der Waals surface area (Å²) < 4.78 is 0. The second kappa shape index (κ2) is 6.15. The summed E-state index contributed by atoms with van der Waals surface area (Å²) in [5, 5.41) is 8.23. The van der Waals surface area contributed by atoms with Crippen LogP contribution >= 0.6 is 0 Å². The normalized spacial score (nSPS) is 8.70. The highest BCUT2D eigenvalue weighted by molar-refractivity contribution is 5.66. The maximum absolute atomic E-state index is 9.99. The van der Waals surface area contributed by atoms with Crippen molar-refractivity contribution in [1.29, 1.82) is 0 Å². The lowest BCUT2D eigenvalue weighted by atomic mass is 10.1. The van der Waals surface area contributed by atoms with E-state index in [0.29, 0.717) is 0 Å². The largest absolute Gasteiger partial charge is 0.481 e. The number of aliphatic carboxylic acids is 1. The summed E-state index contributed by atoms with van der Waals surface area (Å²) in [5.41, 5.74) is 0. The van der Waals surface area contributed by atoms with E-state index in [1.807, 2.05) is 0 Å². The first kappa shape index (κ1) is 9.03. The van der Waals surface area contributed by atoms with Crippen molar-refractivity contribution in [2.45, 2.75) is 32.1 Å². The van der Waals surface area contributed by atoms with Crippen molar-refractivity contribution in [1.82, 2.24) is 0 Å². The second-order valence-electron chi connectivity index (χ2n) is 2.16. The Morgan fingerprint density at radius 2 is 2.10 bits per heavy atom. The number of carboxylic acid groups (broad SMARTS) is 1. The first-order chi connectivity index (χ1) is 4.77. The van der Waals surface area contributed by atoms with Crippen LogP contribution in [0.1, 0.15) is 32.1 Å². The maximum atomic E-state index is 9.99.